The van der Waals surface area contributed by atoms with Crippen LogP contribution in [0.25, 0.3) is 0 Å². The standard InChI is InChI=1S/C30H57N5O3/c1-14-29(12,19-22(4)24(36)35(38)18-17-33-26(5,6)7)30(13,32)23(21-31)20-27(8,9)28(10,11)25(37)34(15-2)16-3/h23,33,38H,4,14-20,32H2,1-3,5-13H3. The minimum absolute atomic E-state index is 0.0594. The van der Waals surface area contributed by atoms with Gasteiger partial charge in [0, 0.05) is 41.7 Å². The van der Waals surface area contributed by atoms with Crippen LogP contribution in [0.1, 0.15) is 102 Å². The summed E-state index contributed by atoms with van der Waals surface area (Å²) in [5, 5.41) is 24.6. The number of nitrogens with one attached hydrogen (secondary N) is 1. The summed E-state index contributed by atoms with van der Waals surface area (Å²) >= 11 is 0. The van der Waals surface area contributed by atoms with Crippen molar-refractivity contribution in [2.45, 2.75) is 113 Å². The van der Waals surface area contributed by atoms with Gasteiger partial charge in [0.15, 0.2) is 0 Å². The minimum Gasteiger partial charge on any atom is -0.343 e. The fourth-order valence-electron chi connectivity index (χ4n) is 4.84. The molecule has 3 unspecified atom stereocenters. The van der Waals surface area contributed by atoms with Gasteiger partial charge in [-0.05, 0) is 71.6 Å². The highest BCUT2D eigenvalue weighted by Gasteiger charge is 2.52. The molecule has 3 atom stereocenters. The Morgan fingerprint density at radius 1 is 1.03 bits per heavy atom. The summed E-state index contributed by atoms with van der Waals surface area (Å²) in [5.74, 6) is -1.07. The molecule has 0 aliphatic carbocycles. The Bertz CT molecular complexity index is 862. The number of nitriles is 1. The molecule has 0 aromatic carbocycles. The molecule has 0 saturated carbocycles. The first-order chi connectivity index (χ1) is 17.1. The molecule has 0 aliphatic heterocycles. The Hall–Kier alpha value is -1.95. The first kappa shape index (κ1) is 36.0. The third-order valence-corrected chi connectivity index (χ3v) is 9.07. The predicted octanol–water partition coefficient (Wildman–Crippen LogP) is 5.12. The fraction of sp³-hybridized carbons (Fsp3) is 0.833. The summed E-state index contributed by atoms with van der Waals surface area (Å²) in [7, 11) is 0. The molecule has 0 bridgehead atoms. The average molecular weight is 536 g/mol. The third-order valence-electron chi connectivity index (χ3n) is 9.07. The molecule has 0 rings (SSSR count). The number of hydrogen-bond acceptors (Lipinski definition) is 6. The second-order valence-electron chi connectivity index (χ2n) is 13.5. The Kier molecular flexibility index (Phi) is 12.7. The quantitative estimate of drug-likeness (QED) is 0.152. The number of nitrogens with zero attached hydrogens (tertiary/aromatic N) is 3. The predicted molar refractivity (Wildman–Crippen MR) is 155 cm³/mol. The number of amides is 2. The van der Waals surface area contributed by atoms with Gasteiger partial charge in [-0.3, -0.25) is 14.8 Å². The number of hydrogen-bond donors (Lipinski definition) is 3. The summed E-state index contributed by atoms with van der Waals surface area (Å²) in [6, 6.07) is 2.44. The van der Waals surface area contributed by atoms with Crippen LogP contribution >= 0.6 is 0 Å². The molecule has 0 fully saturated rings. The van der Waals surface area contributed by atoms with Crippen LogP contribution in [-0.4, -0.2) is 64.2 Å². The molecule has 8 heteroatoms. The molecular formula is C30H57N5O3. The molecular weight excluding hydrogens is 478 g/mol. The molecule has 0 spiro atoms. The van der Waals surface area contributed by atoms with Crippen LogP contribution in [-0.2, 0) is 9.59 Å². The topological polar surface area (TPSA) is 123 Å². The van der Waals surface area contributed by atoms with Gasteiger partial charge in [0.2, 0.25) is 5.91 Å². The van der Waals surface area contributed by atoms with Crippen molar-refractivity contribution in [3.05, 3.63) is 12.2 Å². The lowest BCUT2D eigenvalue weighted by Gasteiger charge is -2.50. The van der Waals surface area contributed by atoms with Crippen molar-refractivity contribution < 1.29 is 14.8 Å². The molecule has 0 aliphatic rings. The van der Waals surface area contributed by atoms with Crippen LogP contribution in [0.3, 0.4) is 0 Å². The van der Waals surface area contributed by atoms with Gasteiger partial charge in [-0.1, -0.05) is 48.1 Å². The summed E-state index contributed by atoms with van der Waals surface area (Å²) in [6.07, 6.45) is 1.25. The van der Waals surface area contributed by atoms with Crippen molar-refractivity contribution in [2.75, 3.05) is 26.2 Å². The Morgan fingerprint density at radius 3 is 1.92 bits per heavy atom. The van der Waals surface area contributed by atoms with E-state index in [1.54, 1.807) is 0 Å². The molecule has 38 heavy (non-hydrogen) atoms. The Balaban J connectivity index is 5.88. The smallest absolute Gasteiger partial charge is 0.272 e. The van der Waals surface area contributed by atoms with E-state index in [0.29, 0.717) is 37.5 Å². The average Bonchev–Trinajstić information content (AvgIpc) is 2.81. The second kappa shape index (κ2) is 13.4. The highest BCUT2D eigenvalue weighted by atomic mass is 16.5. The zero-order valence-corrected chi connectivity index (χ0v) is 26.4. The number of carbonyl (C=O) groups excluding carboxylic acids is 2. The lowest BCUT2D eigenvalue weighted by atomic mass is 9.56. The molecule has 0 heterocycles. The Morgan fingerprint density at radius 2 is 1.53 bits per heavy atom. The van der Waals surface area contributed by atoms with Crippen molar-refractivity contribution in [2.24, 2.45) is 27.9 Å². The summed E-state index contributed by atoms with van der Waals surface area (Å²) in [6.45, 7) is 29.5. The van der Waals surface area contributed by atoms with Gasteiger partial charge >= 0.3 is 0 Å². The zero-order chi connectivity index (χ0) is 30.3. The molecule has 4 N–H and O–H groups in total. The fourth-order valence-corrected chi connectivity index (χ4v) is 4.84. The normalized spacial score (nSPS) is 16.6. The maximum atomic E-state index is 13.4. The van der Waals surface area contributed by atoms with Gasteiger partial charge in [0.05, 0.1) is 18.5 Å². The van der Waals surface area contributed by atoms with E-state index in [0.717, 1.165) is 0 Å². The lowest BCUT2D eigenvalue weighted by molar-refractivity contribution is -0.161. The van der Waals surface area contributed by atoms with E-state index in [9.17, 15) is 20.1 Å². The number of hydroxylamine groups is 2. The summed E-state index contributed by atoms with van der Waals surface area (Å²) in [4.78, 5) is 28.1. The van der Waals surface area contributed by atoms with Crippen molar-refractivity contribution in [3.63, 3.8) is 0 Å². The summed E-state index contributed by atoms with van der Waals surface area (Å²) < 4.78 is 0. The highest BCUT2D eigenvalue weighted by molar-refractivity contribution is 5.92. The van der Waals surface area contributed by atoms with Crippen molar-refractivity contribution in [1.82, 2.24) is 15.3 Å². The van der Waals surface area contributed by atoms with Crippen molar-refractivity contribution in [3.8, 4) is 6.07 Å². The van der Waals surface area contributed by atoms with E-state index >= 15 is 0 Å². The van der Waals surface area contributed by atoms with Crippen LogP contribution in [0.5, 0.6) is 0 Å². The maximum absolute atomic E-state index is 13.4. The van der Waals surface area contributed by atoms with E-state index in [4.69, 9.17) is 5.73 Å². The lowest BCUT2D eigenvalue weighted by Crippen LogP contribution is -2.59. The second-order valence-corrected chi connectivity index (χ2v) is 13.5. The number of carbonyl (C=O) groups is 2. The van der Waals surface area contributed by atoms with Crippen LogP contribution in [0.4, 0.5) is 0 Å². The van der Waals surface area contributed by atoms with Crippen molar-refractivity contribution >= 4 is 11.8 Å². The first-order valence-corrected chi connectivity index (χ1v) is 14.0. The van der Waals surface area contributed by atoms with Crippen LogP contribution < -0.4 is 11.1 Å². The summed E-state index contributed by atoms with van der Waals surface area (Å²) in [5.41, 5.74) is 4.20. The molecule has 0 radical (unpaired) electrons. The first-order valence-electron chi connectivity index (χ1n) is 14.0. The van der Waals surface area contributed by atoms with E-state index in [-0.39, 0.29) is 30.0 Å². The van der Waals surface area contributed by atoms with Gasteiger partial charge in [0.1, 0.15) is 0 Å². The van der Waals surface area contributed by atoms with E-state index < -0.39 is 33.6 Å². The van der Waals surface area contributed by atoms with E-state index in [1.807, 2.05) is 88.0 Å². The molecule has 2 amide bonds. The molecule has 8 nitrogen and oxygen atoms in total. The number of rotatable bonds is 15. The van der Waals surface area contributed by atoms with Crippen LogP contribution in [0.15, 0.2) is 12.2 Å². The van der Waals surface area contributed by atoms with E-state index in [1.165, 1.54) is 0 Å². The highest BCUT2D eigenvalue weighted by Crippen LogP contribution is 2.50. The maximum Gasteiger partial charge on any atom is 0.272 e. The molecule has 0 saturated heterocycles. The third kappa shape index (κ3) is 8.53. The monoisotopic (exact) mass is 535 g/mol. The van der Waals surface area contributed by atoms with Gasteiger partial charge < -0.3 is 16.0 Å². The van der Waals surface area contributed by atoms with Crippen molar-refractivity contribution in [1.29, 1.82) is 5.26 Å². The molecule has 0 aromatic heterocycles. The van der Waals surface area contributed by atoms with Gasteiger partial charge in [0.25, 0.3) is 5.91 Å². The largest absolute Gasteiger partial charge is 0.343 e. The molecule has 220 valence electrons. The zero-order valence-electron chi connectivity index (χ0n) is 26.4. The van der Waals surface area contributed by atoms with Gasteiger partial charge in [-0.15, -0.1) is 0 Å². The van der Waals surface area contributed by atoms with Gasteiger partial charge in [-0.2, -0.15) is 5.26 Å². The van der Waals surface area contributed by atoms with E-state index in [2.05, 4.69) is 18.0 Å². The van der Waals surface area contributed by atoms with Crippen LogP contribution in [0, 0.1) is 33.5 Å². The number of nitrogens with two attached hydrogens (primary N) is 1. The minimum atomic E-state index is -1.00. The van der Waals surface area contributed by atoms with Crippen LogP contribution in [0.2, 0.25) is 0 Å². The van der Waals surface area contributed by atoms with Gasteiger partial charge in [-0.25, -0.2) is 5.06 Å². The molecule has 0 aromatic rings. The SMILES string of the molecule is C=C(CC(C)(CC)C(C)(N)C(C#N)CC(C)(C)C(C)(C)C(=O)N(CC)CC)C(=O)N(O)CCNC(C)(C)C. The Labute approximate surface area is 233 Å².